The summed E-state index contributed by atoms with van der Waals surface area (Å²) in [5, 5.41) is 0. The van der Waals surface area contributed by atoms with E-state index in [4.69, 9.17) is 0 Å². The van der Waals surface area contributed by atoms with E-state index in [1.807, 2.05) is 0 Å². The monoisotopic (exact) mass is 214 g/mol. The first kappa shape index (κ1) is 17.4. The van der Waals surface area contributed by atoms with Gasteiger partial charge in [0.15, 0.2) is 0 Å². The number of hydrogen-bond acceptors (Lipinski definition) is 0. The van der Waals surface area contributed by atoms with E-state index in [0.717, 1.165) is 11.8 Å². The third-order valence-corrected chi connectivity index (χ3v) is 2.87. The normalized spacial score (nSPS) is 13.8. The molecule has 0 spiro atoms. The van der Waals surface area contributed by atoms with Crippen molar-refractivity contribution in [2.45, 2.75) is 81.1 Å². The summed E-state index contributed by atoms with van der Waals surface area (Å²) in [5.74, 6) is 1.80. The molecule has 0 aromatic heterocycles. The van der Waals surface area contributed by atoms with Gasteiger partial charge in [0.25, 0.3) is 0 Å². The third-order valence-electron chi connectivity index (χ3n) is 2.87. The summed E-state index contributed by atoms with van der Waals surface area (Å²) in [6, 6.07) is 0. The largest absolute Gasteiger partial charge is 0.0776 e. The van der Waals surface area contributed by atoms with E-state index >= 15 is 0 Å². The van der Waals surface area contributed by atoms with Crippen LogP contribution in [0.25, 0.3) is 0 Å². The lowest BCUT2D eigenvalue weighted by atomic mass is 9.85. The van der Waals surface area contributed by atoms with Crippen molar-refractivity contribution in [3.8, 4) is 0 Å². The second-order valence-electron chi connectivity index (χ2n) is 6.53. The van der Waals surface area contributed by atoms with Gasteiger partial charge in [0, 0.05) is 0 Å². The molecule has 0 radical (unpaired) electrons. The molecule has 0 saturated heterocycles. The first-order valence-corrected chi connectivity index (χ1v) is 6.31. The maximum atomic E-state index is 2.41. The lowest BCUT2D eigenvalue weighted by Gasteiger charge is -2.21. The Kier molecular flexibility index (Phi) is 9.49. The highest BCUT2D eigenvalue weighted by Gasteiger charge is 2.12. The van der Waals surface area contributed by atoms with Gasteiger partial charge in [-0.05, 0) is 23.7 Å². The molecule has 0 fully saturated rings. The van der Waals surface area contributed by atoms with Crippen LogP contribution in [0.4, 0.5) is 0 Å². The van der Waals surface area contributed by atoms with Gasteiger partial charge < -0.3 is 0 Å². The minimum absolute atomic E-state index is 0. The van der Waals surface area contributed by atoms with E-state index in [9.17, 15) is 0 Å². The topological polar surface area (TPSA) is 0 Å². The predicted octanol–water partition coefficient (Wildman–Crippen LogP) is 5.91. The average Bonchev–Trinajstić information content (AvgIpc) is 1.99. The van der Waals surface area contributed by atoms with E-state index in [0.29, 0.717) is 5.41 Å². The fourth-order valence-corrected chi connectivity index (χ4v) is 1.70. The first-order chi connectivity index (χ1) is 6.31. The molecular weight excluding hydrogens is 180 g/mol. The quantitative estimate of drug-likeness (QED) is 0.515. The van der Waals surface area contributed by atoms with Crippen LogP contribution in [0.2, 0.25) is 0 Å². The molecule has 0 rings (SSSR count). The molecule has 15 heavy (non-hydrogen) atoms. The van der Waals surface area contributed by atoms with Gasteiger partial charge in [-0.15, -0.1) is 0 Å². The van der Waals surface area contributed by atoms with Crippen LogP contribution in [0.1, 0.15) is 81.1 Å². The summed E-state index contributed by atoms with van der Waals surface area (Å²) in [4.78, 5) is 0. The molecule has 0 N–H and O–H groups in total. The maximum absolute atomic E-state index is 2.41. The van der Waals surface area contributed by atoms with Crippen LogP contribution in [0, 0.1) is 17.3 Å². The fourth-order valence-electron chi connectivity index (χ4n) is 1.70. The highest BCUT2D eigenvalue weighted by Crippen LogP contribution is 2.25. The summed E-state index contributed by atoms with van der Waals surface area (Å²) in [7, 11) is 0. The zero-order chi connectivity index (χ0) is 11.2. The Morgan fingerprint density at radius 2 is 1.40 bits per heavy atom. The van der Waals surface area contributed by atoms with E-state index in [1.54, 1.807) is 0 Å². The van der Waals surface area contributed by atoms with Crippen LogP contribution in [0.15, 0.2) is 0 Å². The van der Waals surface area contributed by atoms with Crippen LogP contribution in [0.5, 0.6) is 0 Å². The number of rotatable bonds is 6. The lowest BCUT2D eigenvalue weighted by molar-refractivity contribution is 0.317. The molecule has 0 saturated carbocycles. The molecular formula is C15H34. The summed E-state index contributed by atoms with van der Waals surface area (Å²) >= 11 is 0. The fraction of sp³-hybridized carbons (Fsp3) is 1.00. The minimum Gasteiger partial charge on any atom is -0.0776 e. The van der Waals surface area contributed by atoms with Crippen molar-refractivity contribution in [3.63, 3.8) is 0 Å². The van der Waals surface area contributed by atoms with E-state index in [1.165, 1.54) is 32.1 Å². The van der Waals surface area contributed by atoms with Gasteiger partial charge in [-0.3, -0.25) is 0 Å². The molecule has 0 amide bonds. The Bertz CT molecular complexity index is 127. The van der Waals surface area contributed by atoms with Gasteiger partial charge in [0.1, 0.15) is 0 Å². The van der Waals surface area contributed by atoms with Gasteiger partial charge >= 0.3 is 0 Å². The summed E-state index contributed by atoms with van der Waals surface area (Å²) in [6.45, 7) is 14.1. The molecule has 0 aliphatic carbocycles. The Labute approximate surface area is 98.9 Å². The molecule has 0 heterocycles. The predicted molar refractivity (Wildman–Crippen MR) is 73.3 cm³/mol. The Morgan fingerprint density at radius 1 is 0.867 bits per heavy atom. The second-order valence-corrected chi connectivity index (χ2v) is 6.53. The summed E-state index contributed by atoms with van der Waals surface area (Å²) < 4.78 is 0. The third kappa shape index (κ3) is 14.0. The molecule has 0 aliphatic heterocycles. The Balaban J connectivity index is 0. The number of hydrogen-bond donors (Lipinski definition) is 0. The van der Waals surface area contributed by atoms with Crippen molar-refractivity contribution in [3.05, 3.63) is 0 Å². The molecule has 0 nitrogen and oxygen atoms in total. The van der Waals surface area contributed by atoms with Crippen LogP contribution in [-0.2, 0) is 0 Å². The zero-order valence-electron chi connectivity index (χ0n) is 11.2. The van der Waals surface area contributed by atoms with Crippen molar-refractivity contribution in [2.24, 2.45) is 17.3 Å². The zero-order valence-corrected chi connectivity index (χ0v) is 11.2. The van der Waals surface area contributed by atoms with E-state index in [2.05, 4.69) is 41.5 Å². The summed E-state index contributed by atoms with van der Waals surface area (Å²) in [6.07, 6.45) is 7.02. The molecule has 1 atom stereocenters. The highest BCUT2D eigenvalue weighted by atomic mass is 14.2. The van der Waals surface area contributed by atoms with Gasteiger partial charge in [0.05, 0.1) is 0 Å². The highest BCUT2D eigenvalue weighted by molar-refractivity contribution is 4.64. The molecule has 0 aromatic carbocycles. The van der Waals surface area contributed by atoms with Gasteiger partial charge in [-0.25, -0.2) is 0 Å². The van der Waals surface area contributed by atoms with Crippen molar-refractivity contribution in [1.29, 1.82) is 0 Å². The maximum Gasteiger partial charge on any atom is -0.0383 e. The van der Waals surface area contributed by atoms with Gasteiger partial charge in [-0.1, -0.05) is 74.7 Å². The van der Waals surface area contributed by atoms with Crippen LogP contribution in [0.3, 0.4) is 0 Å². The molecule has 0 bridgehead atoms. The average molecular weight is 214 g/mol. The summed E-state index contributed by atoms with van der Waals surface area (Å²) in [5.41, 5.74) is 0.520. The van der Waals surface area contributed by atoms with Gasteiger partial charge in [-0.2, -0.15) is 0 Å². The van der Waals surface area contributed by atoms with Crippen LogP contribution >= 0.6 is 0 Å². The van der Waals surface area contributed by atoms with Gasteiger partial charge in [0.2, 0.25) is 0 Å². The second kappa shape index (κ2) is 8.19. The van der Waals surface area contributed by atoms with Crippen molar-refractivity contribution in [2.75, 3.05) is 0 Å². The molecule has 0 heteroatoms. The van der Waals surface area contributed by atoms with Crippen LogP contribution < -0.4 is 0 Å². The van der Waals surface area contributed by atoms with E-state index < -0.39 is 0 Å². The first-order valence-electron chi connectivity index (χ1n) is 6.31. The standard InChI is InChI=1S/C14H30.CH4/c1-12(2)8-7-9-13(3)10-11-14(4,5)6;/h12-13H,7-11H2,1-6H3;1H4. The Morgan fingerprint density at radius 3 is 1.80 bits per heavy atom. The van der Waals surface area contributed by atoms with E-state index in [-0.39, 0.29) is 7.43 Å². The van der Waals surface area contributed by atoms with Crippen molar-refractivity contribution in [1.82, 2.24) is 0 Å². The SMILES string of the molecule is C.CC(C)CCCC(C)CCC(C)(C)C. The van der Waals surface area contributed by atoms with Crippen LogP contribution in [-0.4, -0.2) is 0 Å². The molecule has 0 aliphatic rings. The molecule has 94 valence electrons. The molecule has 0 aromatic rings. The lowest BCUT2D eigenvalue weighted by Crippen LogP contribution is -2.07. The van der Waals surface area contributed by atoms with Crippen molar-refractivity contribution >= 4 is 0 Å². The Hall–Kier alpha value is 0. The smallest absolute Gasteiger partial charge is 0.0383 e. The minimum atomic E-state index is 0. The molecule has 1 unspecified atom stereocenters. The van der Waals surface area contributed by atoms with Crippen molar-refractivity contribution < 1.29 is 0 Å².